The third-order valence-electron chi connectivity index (χ3n) is 2.68. The number of benzene rings is 1. The van der Waals surface area contributed by atoms with E-state index >= 15 is 0 Å². The molecule has 0 bridgehead atoms. The van der Waals surface area contributed by atoms with Crippen LogP contribution in [0.2, 0.25) is 0 Å². The largest absolute Gasteiger partial charge is 0.354 e. The first-order valence-corrected chi connectivity index (χ1v) is 5.97. The SMILES string of the molecule is O=C1CN(C(=O)c2ccccc2S)CCCN1. The molecule has 0 aliphatic carbocycles. The topological polar surface area (TPSA) is 49.4 Å². The Morgan fingerprint density at radius 3 is 2.88 bits per heavy atom. The number of hydrogen-bond donors (Lipinski definition) is 2. The fourth-order valence-corrected chi connectivity index (χ4v) is 2.06. The highest BCUT2D eigenvalue weighted by Gasteiger charge is 2.21. The standard InChI is InChI=1S/C12H14N2O2S/c15-11-8-14(7-3-6-13-11)12(16)9-4-1-2-5-10(9)17/h1-2,4-5,17H,3,6-8H2,(H,13,15). The number of hydrogen-bond acceptors (Lipinski definition) is 3. The molecule has 0 radical (unpaired) electrons. The zero-order valence-corrected chi connectivity index (χ0v) is 10.2. The van der Waals surface area contributed by atoms with Gasteiger partial charge in [-0.3, -0.25) is 9.59 Å². The van der Waals surface area contributed by atoms with Crippen LogP contribution in [0.5, 0.6) is 0 Å². The molecular weight excluding hydrogens is 236 g/mol. The summed E-state index contributed by atoms with van der Waals surface area (Å²) in [6, 6.07) is 7.13. The third kappa shape index (κ3) is 2.79. The Morgan fingerprint density at radius 2 is 2.12 bits per heavy atom. The summed E-state index contributed by atoms with van der Waals surface area (Å²) in [6.07, 6.45) is 0.784. The Hall–Kier alpha value is -1.49. The molecule has 1 N–H and O–H groups in total. The summed E-state index contributed by atoms with van der Waals surface area (Å²) in [6.45, 7) is 1.35. The van der Waals surface area contributed by atoms with Crippen molar-refractivity contribution in [2.75, 3.05) is 19.6 Å². The van der Waals surface area contributed by atoms with E-state index < -0.39 is 0 Å². The maximum absolute atomic E-state index is 12.2. The van der Waals surface area contributed by atoms with Gasteiger partial charge in [-0.15, -0.1) is 12.6 Å². The average molecular weight is 250 g/mol. The molecule has 0 atom stereocenters. The molecule has 4 nitrogen and oxygen atoms in total. The van der Waals surface area contributed by atoms with Crippen molar-refractivity contribution >= 4 is 24.4 Å². The summed E-state index contributed by atoms with van der Waals surface area (Å²) in [4.78, 5) is 25.8. The van der Waals surface area contributed by atoms with Crippen LogP contribution < -0.4 is 5.32 Å². The van der Waals surface area contributed by atoms with E-state index in [0.717, 1.165) is 6.42 Å². The molecule has 0 unspecified atom stereocenters. The zero-order valence-electron chi connectivity index (χ0n) is 9.35. The van der Waals surface area contributed by atoms with Gasteiger partial charge in [0.15, 0.2) is 0 Å². The lowest BCUT2D eigenvalue weighted by Gasteiger charge is -2.19. The van der Waals surface area contributed by atoms with Crippen molar-refractivity contribution in [3.05, 3.63) is 29.8 Å². The van der Waals surface area contributed by atoms with E-state index in [0.29, 0.717) is 23.5 Å². The highest BCUT2D eigenvalue weighted by Crippen LogP contribution is 2.15. The van der Waals surface area contributed by atoms with E-state index in [2.05, 4.69) is 17.9 Å². The minimum absolute atomic E-state index is 0.104. The van der Waals surface area contributed by atoms with Crippen LogP contribution in [0.15, 0.2) is 29.2 Å². The Labute approximate surface area is 105 Å². The van der Waals surface area contributed by atoms with Crippen LogP contribution in [-0.4, -0.2) is 36.3 Å². The molecule has 2 rings (SSSR count). The fourth-order valence-electron chi connectivity index (χ4n) is 1.80. The van der Waals surface area contributed by atoms with Crippen molar-refractivity contribution in [1.29, 1.82) is 0 Å². The molecule has 90 valence electrons. The molecular formula is C12H14N2O2S. The minimum Gasteiger partial charge on any atom is -0.354 e. The second-order valence-electron chi connectivity index (χ2n) is 3.95. The first kappa shape index (κ1) is 12.0. The molecule has 2 amide bonds. The quantitative estimate of drug-likeness (QED) is 0.729. The average Bonchev–Trinajstić information content (AvgIpc) is 2.54. The maximum Gasteiger partial charge on any atom is 0.255 e. The predicted octanol–water partition coefficient (Wildman–Crippen LogP) is 0.937. The van der Waals surface area contributed by atoms with Crippen molar-refractivity contribution in [3.8, 4) is 0 Å². The Bertz CT molecular complexity index is 448. The van der Waals surface area contributed by atoms with Crippen molar-refractivity contribution < 1.29 is 9.59 Å². The van der Waals surface area contributed by atoms with Gasteiger partial charge in [0, 0.05) is 18.0 Å². The van der Waals surface area contributed by atoms with E-state index in [1.54, 1.807) is 23.1 Å². The van der Waals surface area contributed by atoms with Gasteiger partial charge in [0.25, 0.3) is 5.91 Å². The van der Waals surface area contributed by atoms with E-state index in [-0.39, 0.29) is 18.4 Å². The van der Waals surface area contributed by atoms with Gasteiger partial charge in [-0.1, -0.05) is 12.1 Å². The lowest BCUT2D eigenvalue weighted by atomic mass is 10.2. The Kier molecular flexibility index (Phi) is 3.68. The van der Waals surface area contributed by atoms with Crippen LogP contribution in [0.1, 0.15) is 16.8 Å². The predicted molar refractivity (Wildman–Crippen MR) is 67.2 cm³/mol. The van der Waals surface area contributed by atoms with Crippen molar-refractivity contribution in [1.82, 2.24) is 10.2 Å². The number of nitrogens with one attached hydrogen (secondary N) is 1. The normalized spacial score (nSPS) is 16.3. The maximum atomic E-state index is 12.2. The summed E-state index contributed by atoms with van der Waals surface area (Å²) in [5.74, 6) is -0.236. The van der Waals surface area contributed by atoms with Gasteiger partial charge in [-0.2, -0.15) is 0 Å². The molecule has 0 aromatic heterocycles. The lowest BCUT2D eigenvalue weighted by Crippen LogP contribution is -2.37. The summed E-state index contributed by atoms with van der Waals surface area (Å²) < 4.78 is 0. The van der Waals surface area contributed by atoms with Gasteiger partial charge in [-0.05, 0) is 18.6 Å². The molecule has 0 saturated carbocycles. The van der Waals surface area contributed by atoms with Gasteiger partial charge in [0.1, 0.15) is 0 Å². The van der Waals surface area contributed by atoms with Crippen LogP contribution in [0.4, 0.5) is 0 Å². The van der Waals surface area contributed by atoms with Gasteiger partial charge >= 0.3 is 0 Å². The smallest absolute Gasteiger partial charge is 0.255 e. The highest BCUT2D eigenvalue weighted by atomic mass is 32.1. The zero-order chi connectivity index (χ0) is 12.3. The van der Waals surface area contributed by atoms with Crippen molar-refractivity contribution in [3.63, 3.8) is 0 Å². The number of carbonyl (C=O) groups is 2. The van der Waals surface area contributed by atoms with E-state index in [9.17, 15) is 9.59 Å². The third-order valence-corrected chi connectivity index (χ3v) is 3.07. The van der Waals surface area contributed by atoms with Gasteiger partial charge in [0.2, 0.25) is 5.91 Å². The highest BCUT2D eigenvalue weighted by molar-refractivity contribution is 7.80. The molecule has 5 heteroatoms. The molecule has 1 heterocycles. The molecule has 1 saturated heterocycles. The number of rotatable bonds is 1. The fraction of sp³-hybridized carbons (Fsp3) is 0.333. The number of thiol groups is 1. The summed E-state index contributed by atoms with van der Waals surface area (Å²) >= 11 is 4.26. The second-order valence-corrected chi connectivity index (χ2v) is 4.43. The van der Waals surface area contributed by atoms with Crippen molar-refractivity contribution in [2.24, 2.45) is 0 Å². The first-order valence-electron chi connectivity index (χ1n) is 5.52. The molecule has 0 spiro atoms. The lowest BCUT2D eigenvalue weighted by molar-refractivity contribution is -0.121. The van der Waals surface area contributed by atoms with Gasteiger partial charge < -0.3 is 10.2 Å². The van der Waals surface area contributed by atoms with E-state index in [4.69, 9.17) is 0 Å². The van der Waals surface area contributed by atoms with Crippen LogP contribution >= 0.6 is 12.6 Å². The first-order chi connectivity index (χ1) is 8.18. The molecule has 1 aromatic rings. The molecule has 1 aromatic carbocycles. The van der Waals surface area contributed by atoms with Crippen LogP contribution in [0.3, 0.4) is 0 Å². The second kappa shape index (κ2) is 5.23. The number of nitrogens with zero attached hydrogens (tertiary/aromatic N) is 1. The van der Waals surface area contributed by atoms with Crippen LogP contribution in [0.25, 0.3) is 0 Å². The van der Waals surface area contributed by atoms with Gasteiger partial charge in [-0.25, -0.2) is 0 Å². The monoisotopic (exact) mass is 250 g/mol. The summed E-state index contributed by atoms with van der Waals surface area (Å²) in [5, 5.41) is 2.74. The van der Waals surface area contributed by atoms with E-state index in [1.807, 2.05) is 6.07 Å². The molecule has 17 heavy (non-hydrogen) atoms. The Morgan fingerprint density at radius 1 is 1.35 bits per heavy atom. The molecule has 1 fully saturated rings. The number of amides is 2. The Balaban J connectivity index is 2.19. The van der Waals surface area contributed by atoms with Crippen molar-refractivity contribution in [2.45, 2.75) is 11.3 Å². The minimum atomic E-state index is -0.132. The number of carbonyl (C=O) groups excluding carboxylic acids is 2. The van der Waals surface area contributed by atoms with Gasteiger partial charge in [0.05, 0.1) is 12.1 Å². The summed E-state index contributed by atoms with van der Waals surface area (Å²) in [5.41, 5.74) is 0.547. The summed E-state index contributed by atoms with van der Waals surface area (Å²) in [7, 11) is 0. The van der Waals surface area contributed by atoms with E-state index in [1.165, 1.54) is 0 Å². The molecule has 1 aliphatic rings. The molecule has 1 aliphatic heterocycles. The van der Waals surface area contributed by atoms with Crippen LogP contribution in [-0.2, 0) is 4.79 Å². The van der Waals surface area contributed by atoms with Crippen LogP contribution in [0, 0.1) is 0 Å².